The number of ether oxygens (including phenoxy) is 3. The molecule has 1 N–H and O–H groups in total. The summed E-state index contributed by atoms with van der Waals surface area (Å²) in [4.78, 5) is 9.47. The van der Waals surface area contributed by atoms with Crippen LogP contribution in [0.1, 0.15) is 13.3 Å². The highest BCUT2D eigenvalue weighted by Gasteiger charge is 2.59. The van der Waals surface area contributed by atoms with Crippen LogP contribution in [0.15, 0.2) is 0 Å². The highest BCUT2D eigenvalue weighted by molar-refractivity contribution is 7.47. The predicted octanol–water partition coefficient (Wildman–Crippen LogP) is 0.711. The van der Waals surface area contributed by atoms with E-state index in [1.54, 1.807) is 7.11 Å². The molecular formula is C10H19O7P. The van der Waals surface area contributed by atoms with Crippen molar-refractivity contribution in [2.24, 2.45) is 0 Å². The number of hydrogen-bond acceptors (Lipinski definition) is 6. The van der Waals surface area contributed by atoms with Gasteiger partial charge in [0.05, 0.1) is 19.3 Å². The maximum Gasteiger partial charge on any atom is 0.472 e. The molecule has 18 heavy (non-hydrogen) atoms. The van der Waals surface area contributed by atoms with Crippen LogP contribution in [-0.2, 0) is 27.8 Å². The lowest BCUT2D eigenvalue weighted by atomic mass is 9.90. The molecule has 7 nitrogen and oxygen atoms in total. The molecule has 0 aromatic heterocycles. The van der Waals surface area contributed by atoms with E-state index >= 15 is 0 Å². The van der Waals surface area contributed by atoms with Crippen LogP contribution in [0, 0.1) is 0 Å². The van der Waals surface area contributed by atoms with Crippen molar-refractivity contribution in [3.63, 3.8) is 0 Å². The molecule has 0 aromatic carbocycles. The zero-order valence-electron chi connectivity index (χ0n) is 10.7. The molecule has 2 saturated heterocycles. The van der Waals surface area contributed by atoms with Gasteiger partial charge in [0, 0.05) is 20.6 Å². The van der Waals surface area contributed by atoms with Crippen LogP contribution in [-0.4, -0.2) is 56.2 Å². The summed E-state index contributed by atoms with van der Waals surface area (Å²) in [6.07, 6.45) is -0.721. The summed E-state index contributed by atoms with van der Waals surface area (Å²) < 4.78 is 37.8. The summed E-state index contributed by atoms with van der Waals surface area (Å²) in [5.74, 6) is 0. The first-order valence-corrected chi connectivity index (χ1v) is 7.29. The van der Waals surface area contributed by atoms with Crippen molar-refractivity contribution in [1.29, 1.82) is 0 Å². The molecular weight excluding hydrogens is 263 g/mol. The highest BCUT2D eigenvalue weighted by Crippen LogP contribution is 2.51. The fourth-order valence-electron chi connectivity index (χ4n) is 2.62. The number of rotatable bonds is 5. The van der Waals surface area contributed by atoms with Crippen molar-refractivity contribution >= 4 is 7.82 Å². The zero-order valence-corrected chi connectivity index (χ0v) is 11.6. The van der Waals surface area contributed by atoms with Gasteiger partial charge in [-0.15, -0.1) is 0 Å². The molecule has 8 heteroatoms. The SMILES string of the molecule is COC[C@]12CCO[C@@H](C1OP(=O)(O)OC)[C@H](C)O2. The van der Waals surface area contributed by atoms with E-state index in [0.717, 1.165) is 7.11 Å². The quantitative estimate of drug-likeness (QED) is 0.743. The lowest BCUT2D eigenvalue weighted by Crippen LogP contribution is -2.52. The van der Waals surface area contributed by atoms with Crippen LogP contribution in [0.4, 0.5) is 0 Å². The van der Waals surface area contributed by atoms with E-state index in [0.29, 0.717) is 13.0 Å². The van der Waals surface area contributed by atoms with Gasteiger partial charge in [-0.25, -0.2) is 4.57 Å². The van der Waals surface area contributed by atoms with Crippen LogP contribution in [0.25, 0.3) is 0 Å². The molecule has 0 saturated carbocycles. The normalized spacial score (nSPS) is 42.8. The smallest absolute Gasteiger partial charge is 0.382 e. The Morgan fingerprint density at radius 2 is 2.22 bits per heavy atom. The molecule has 5 atom stereocenters. The fraction of sp³-hybridized carbons (Fsp3) is 1.00. The molecule has 0 radical (unpaired) electrons. The number of phosphoric acid groups is 1. The number of fused-ring (bicyclic) bond motifs is 2. The standard InChI is InChI=1S/C10H19O7P/c1-7-8-9(17-18(11,12)14-3)10(16-7,6-13-2)4-5-15-8/h7-9H,4-6H2,1-3H3,(H,11,12)/t7-,8+,9?,10+/m0/s1. The Kier molecular flexibility index (Phi) is 4.14. The van der Waals surface area contributed by atoms with Gasteiger partial charge in [0.25, 0.3) is 0 Å². The third-order valence-electron chi connectivity index (χ3n) is 3.40. The minimum atomic E-state index is -4.08. The average Bonchev–Trinajstić information content (AvgIpc) is 2.47. The molecule has 2 aliphatic heterocycles. The van der Waals surface area contributed by atoms with E-state index in [4.69, 9.17) is 18.7 Å². The van der Waals surface area contributed by atoms with Crippen LogP contribution in [0.3, 0.4) is 0 Å². The molecule has 2 heterocycles. The Morgan fingerprint density at radius 3 is 2.83 bits per heavy atom. The van der Waals surface area contributed by atoms with E-state index in [2.05, 4.69) is 4.52 Å². The van der Waals surface area contributed by atoms with Crippen molar-refractivity contribution in [3.05, 3.63) is 0 Å². The van der Waals surface area contributed by atoms with E-state index in [9.17, 15) is 9.46 Å². The zero-order chi connectivity index (χ0) is 13.4. The third-order valence-corrected chi connectivity index (χ3v) is 4.36. The number of phosphoric ester groups is 1. The van der Waals surface area contributed by atoms with Crippen molar-refractivity contribution in [3.8, 4) is 0 Å². The molecule has 0 amide bonds. The lowest BCUT2D eigenvalue weighted by molar-refractivity contribution is -0.141. The highest BCUT2D eigenvalue weighted by atomic mass is 31.2. The molecule has 2 fully saturated rings. The summed E-state index contributed by atoms with van der Waals surface area (Å²) in [6.45, 7) is 2.64. The predicted molar refractivity (Wildman–Crippen MR) is 61.2 cm³/mol. The lowest BCUT2D eigenvalue weighted by Gasteiger charge is -2.38. The second-order valence-corrected chi connectivity index (χ2v) is 6.10. The summed E-state index contributed by atoms with van der Waals surface area (Å²) in [5, 5.41) is 0. The van der Waals surface area contributed by atoms with Gasteiger partial charge in [-0.3, -0.25) is 9.05 Å². The number of hydrogen-bond donors (Lipinski definition) is 1. The van der Waals surface area contributed by atoms with Crippen molar-refractivity contribution in [2.45, 2.75) is 37.3 Å². The minimum Gasteiger partial charge on any atom is -0.382 e. The van der Waals surface area contributed by atoms with Crippen LogP contribution in [0.5, 0.6) is 0 Å². The van der Waals surface area contributed by atoms with E-state index in [-0.39, 0.29) is 18.8 Å². The molecule has 106 valence electrons. The Morgan fingerprint density at radius 1 is 1.50 bits per heavy atom. The van der Waals surface area contributed by atoms with Gasteiger partial charge in [-0.2, -0.15) is 0 Å². The molecule has 0 aliphatic carbocycles. The van der Waals surface area contributed by atoms with Crippen molar-refractivity contribution in [1.82, 2.24) is 0 Å². The summed E-state index contributed by atoms with van der Waals surface area (Å²) in [6, 6.07) is 0. The van der Waals surface area contributed by atoms with Gasteiger partial charge in [-0.1, -0.05) is 0 Å². The number of methoxy groups -OCH3 is 1. The van der Waals surface area contributed by atoms with Crippen LogP contribution in [0.2, 0.25) is 0 Å². The van der Waals surface area contributed by atoms with Gasteiger partial charge in [0.15, 0.2) is 0 Å². The molecule has 2 bridgehead atoms. The largest absolute Gasteiger partial charge is 0.472 e. The average molecular weight is 282 g/mol. The summed E-state index contributed by atoms with van der Waals surface area (Å²) >= 11 is 0. The first-order valence-electron chi connectivity index (χ1n) is 5.79. The topological polar surface area (TPSA) is 83.5 Å². The second-order valence-electron chi connectivity index (χ2n) is 4.58. The van der Waals surface area contributed by atoms with Crippen molar-refractivity contribution in [2.75, 3.05) is 27.4 Å². The maximum absolute atomic E-state index is 11.6. The van der Waals surface area contributed by atoms with Gasteiger partial charge in [-0.05, 0) is 6.92 Å². The molecule has 2 aliphatic rings. The monoisotopic (exact) mass is 282 g/mol. The van der Waals surface area contributed by atoms with E-state index in [1.165, 1.54) is 0 Å². The van der Waals surface area contributed by atoms with Crippen molar-refractivity contribution < 1.29 is 32.7 Å². The third kappa shape index (κ3) is 2.49. The molecule has 0 aromatic rings. The molecule has 0 spiro atoms. The summed E-state index contributed by atoms with van der Waals surface area (Å²) in [5.41, 5.74) is -0.742. The Hall–Kier alpha value is -0.0100. The molecule has 2 unspecified atom stereocenters. The van der Waals surface area contributed by atoms with Gasteiger partial charge >= 0.3 is 7.82 Å². The first-order chi connectivity index (χ1) is 8.44. The Balaban J connectivity index is 2.22. The fourth-order valence-corrected chi connectivity index (χ4v) is 3.30. The van der Waals surface area contributed by atoms with Gasteiger partial charge < -0.3 is 19.1 Å². The van der Waals surface area contributed by atoms with E-state index < -0.39 is 19.5 Å². The van der Waals surface area contributed by atoms with Gasteiger partial charge in [0.1, 0.15) is 17.8 Å². The minimum absolute atomic E-state index is 0.218. The maximum atomic E-state index is 11.6. The van der Waals surface area contributed by atoms with Gasteiger partial charge in [0.2, 0.25) is 0 Å². The Bertz CT molecular complexity index is 345. The van der Waals surface area contributed by atoms with Crippen LogP contribution < -0.4 is 0 Å². The molecule has 2 rings (SSSR count). The van der Waals surface area contributed by atoms with Crippen LogP contribution >= 0.6 is 7.82 Å². The first kappa shape index (κ1) is 14.4. The van der Waals surface area contributed by atoms with E-state index in [1.807, 2.05) is 6.92 Å². The second kappa shape index (κ2) is 5.17. The summed E-state index contributed by atoms with van der Waals surface area (Å²) in [7, 11) is -1.41. The Labute approximate surface area is 106 Å².